The van der Waals surface area contributed by atoms with E-state index in [1.165, 1.54) is 11.6 Å². The molecule has 0 fully saturated rings. The Balaban J connectivity index is 2.45. The van der Waals surface area contributed by atoms with Crippen molar-refractivity contribution in [2.75, 3.05) is 0 Å². The Labute approximate surface area is 115 Å². The Morgan fingerprint density at radius 3 is 2.83 bits per heavy atom. The van der Waals surface area contributed by atoms with Crippen LogP contribution < -0.4 is 11.3 Å². The van der Waals surface area contributed by atoms with Gasteiger partial charge in [-0.3, -0.25) is 5.84 Å². The first-order valence-electron chi connectivity index (χ1n) is 5.64. The number of hydrogen-bond donors (Lipinski definition) is 2. The fourth-order valence-corrected chi connectivity index (χ4v) is 3.17. The molecule has 1 atom stereocenters. The number of benzene rings is 1. The van der Waals surface area contributed by atoms with E-state index in [0.29, 0.717) is 10.6 Å². The second-order valence-electron chi connectivity index (χ2n) is 3.93. The molecule has 96 valence electrons. The summed E-state index contributed by atoms with van der Waals surface area (Å²) in [6.45, 7) is 2.07. The number of rotatable bonds is 4. The van der Waals surface area contributed by atoms with Crippen LogP contribution in [0.2, 0.25) is 5.02 Å². The van der Waals surface area contributed by atoms with Crippen molar-refractivity contribution < 1.29 is 4.39 Å². The van der Waals surface area contributed by atoms with Crippen LogP contribution >= 0.6 is 22.9 Å². The first-order chi connectivity index (χ1) is 8.67. The molecule has 2 aromatic rings. The number of hydrazine groups is 1. The van der Waals surface area contributed by atoms with Crippen molar-refractivity contribution >= 4 is 22.9 Å². The average molecular weight is 285 g/mol. The molecule has 1 heterocycles. The van der Waals surface area contributed by atoms with E-state index in [1.807, 2.05) is 11.4 Å². The number of hydrogen-bond acceptors (Lipinski definition) is 3. The lowest BCUT2D eigenvalue weighted by Gasteiger charge is -2.17. The van der Waals surface area contributed by atoms with Crippen LogP contribution in [0.25, 0.3) is 0 Å². The van der Waals surface area contributed by atoms with Crippen LogP contribution in [-0.2, 0) is 6.42 Å². The van der Waals surface area contributed by atoms with Gasteiger partial charge in [0.1, 0.15) is 5.82 Å². The van der Waals surface area contributed by atoms with Gasteiger partial charge in [0.05, 0.1) is 6.04 Å². The average Bonchev–Trinajstić information content (AvgIpc) is 2.81. The molecule has 0 amide bonds. The molecule has 2 rings (SSSR count). The van der Waals surface area contributed by atoms with Crippen LogP contribution in [0.4, 0.5) is 4.39 Å². The molecule has 0 bridgehead atoms. The third-order valence-corrected chi connectivity index (χ3v) is 4.12. The summed E-state index contributed by atoms with van der Waals surface area (Å²) in [4.78, 5) is 1.04. The van der Waals surface area contributed by atoms with Gasteiger partial charge in [0.25, 0.3) is 0 Å². The van der Waals surface area contributed by atoms with Crippen LogP contribution in [0.5, 0.6) is 0 Å². The van der Waals surface area contributed by atoms with E-state index < -0.39 is 0 Å². The minimum absolute atomic E-state index is 0.336. The molecule has 0 saturated carbocycles. The maximum absolute atomic E-state index is 13.9. The fourth-order valence-electron chi connectivity index (χ4n) is 1.94. The van der Waals surface area contributed by atoms with Gasteiger partial charge in [-0.15, -0.1) is 11.3 Å². The van der Waals surface area contributed by atoms with Crippen molar-refractivity contribution in [3.63, 3.8) is 0 Å². The summed E-state index contributed by atoms with van der Waals surface area (Å²) in [7, 11) is 0. The van der Waals surface area contributed by atoms with E-state index in [-0.39, 0.29) is 11.9 Å². The van der Waals surface area contributed by atoms with Gasteiger partial charge in [-0.1, -0.05) is 24.6 Å². The van der Waals surface area contributed by atoms with Crippen LogP contribution in [-0.4, -0.2) is 0 Å². The molecular formula is C13H14ClFN2S. The fraction of sp³-hybridized carbons (Fsp3) is 0.231. The molecule has 0 radical (unpaired) electrons. The lowest BCUT2D eigenvalue weighted by molar-refractivity contribution is 0.562. The quantitative estimate of drug-likeness (QED) is 0.664. The highest BCUT2D eigenvalue weighted by Crippen LogP contribution is 2.31. The summed E-state index contributed by atoms with van der Waals surface area (Å²) in [5.74, 6) is 5.24. The second-order valence-corrected chi connectivity index (χ2v) is 5.31. The minimum atomic E-state index is -0.346. The Hall–Kier alpha value is -0.940. The van der Waals surface area contributed by atoms with Crippen molar-refractivity contribution in [1.82, 2.24) is 5.43 Å². The van der Waals surface area contributed by atoms with Gasteiger partial charge in [0, 0.05) is 15.5 Å². The normalized spacial score (nSPS) is 12.7. The lowest BCUT2D eigenvalue weighted by Crippen LogP contribution is -2.29. The van der Waals surface area contributed by atoms with Gasteiger partial charge in [-0.05, 0) is 35.6 Å². The summed E-state index contributed by atoms with van der Waals surface area (Å²) in [6.07, 6.45) is 0.895. The highest BCUT2D eigenvalue weighted by molar-refractivity contribution is 7.10. The number of aryl methyl sites for hydroxylation is 1. The topological polar surface area (TPSA) is 38.0 Å². The van der Waals surface area contributed by atoms with Crippen LogP contribution in [0.1, 0.15) is 29.0 Å². The molecule has 5 heteroatoms. The molecule has 2 nitrogen and oxygen atoms in total. The van der Waals surface area contributed by atoms with E-state index in [2.05, 4.69) is 12.3 Å². The Kier molecular flexibility index (Phi) is 4.35. The van der Waals surface area contributed by atoms with E-state index in [0.717, 1.165) is 11.3 Å². The Morgan fingerprint density at radius 2 is 2.22 bits per heavy atom. The monoisotopic (exact) mass is 284 g/mol. The zero-order chi connectivity index (χ0) is 13.1. The van der Waals surface area contributed by atoms with Crippen molar-refractivity contribution in [3.8, 4) is 0 Å². The molecule has 0 aliphatic rings. The highest BCUT2D eigenvalue weighted by Gasteiger charge is 2.20. The SMILES string of the molecule is CCc1ccsc1C(NN)c1ccc(Cl)cc1F. The molecule has 3 N–H and O–H groups in total. The predicted octanol–water partition coefficient (Wildman–Crippen LogP) is 3.66. The van der Waals surface area contributed by atoms with Gasteiger partial charge >= 0.3 is 0 Å². The first-order valence-corrected chi connectivity index (χ1v) is 6.90. The largest absolute Gasteiger partial charge is 0.271 e. The predicted molar refractivity (Wildman–Crippen MR) is 74.3 cm³/mol. The Bertz CT molecular complexity index is 542. The summed E-state index contributed by atoms with van der Waals surface area (Å²) in [5, 5.41) is 2.38. The van der Waals surface area contributed by atoms with Gasteiger partial charge in [-0.2, -0.15) is 0 Å². The highest BCUT2D eigenvalue weighted by atomic mass is 35.5. The number of nitrogens with one attached hydrogen (secondary N) is 1. The first kappa shape index (κ1) is 13.5. The molecule has 1 aromatic heterocycles. The second kappa shape index (κ2) is 5.80. The summed E-state index contributed by atoms with van der Waals surface area (Å²) in [5.41, 5.74) is 4.37. The van der Waals surface area contributed by atoms with E-state index >= 15 is 0 Å². The van der Waals surface area contributed by atoms with Gasteiger partial charge in [-0.25, -0.2) is 9.82 Å². The summed E-state index contributed by atoms with van der Waals surface area (Å²) >= 11 is 7.33. The third-order valence-electron chi connectivity index (χ3n) is 2.86. The molecule has 0 saturated heterocycles. The van der Waals surface area contributed by atoms with Crippen molar-refractivity contribution in [2.24, 2.45) is 5.84 Å². The Morgan fingerprint density at radius 1 is 1.44 bits per heavy atom. The maximum atomic E-state index is 13.9. The smallest absolute Gasteiger partial charge is 0.129 e. The van der Waals surface area contributed by atoms with Gasteiger partial charge in [0.2, 0.25) is 0 Å². The summed E-state index contributed by atoms with van der Waals surface area (Å²) < 4.78 is 13.9. The number of thiophene rings is 1. The molecule has 0 aliphatic heterocycles. The van der Waals surface area contributed by atoms with Gasteiger partial charge < -0.3 is 0 Å². The third kappa shape index (κ3) is 2.57. The van der Waals surface area contributed by atoms with Crippen molar-refractivity contribution in [1.29, 1.82) is 0 Å². The molecule has 1 unspecified atom stereocenters. The molecule has 0 aliphatic carbocycles. The zero-order valence-electron chi connectivity index (χ0n) is 9.91. The van der Waals surface area contributed by atoms with E-state index in [1.54, 1.807) is 23.5 Å². The zero-order valence-corrected chi connectivity index (χ0v) is 11.5. The van der Waals surface area contributed by atoms with Crippen LogP contribution in [0, 0.1) is 5.82 Å². The number of halogens is 2. The van der Waals surface area contributed by atoms with Crippen LogP contribution in [0.3, 0.4) is 0 Å². The van der Waals surface area contributed by atoms with Crippen molar-refractivity contribution in [2.45, 2.75) is 19.4 Å². The standard InChI is InChI=1S/C13H14ClFN2S/c1-2-8-5-6-18-13(8)12(17-16)10-4-3-9(14)7-11(10)15/h3-7,12,17H,2,16H2,1H3. The molecular weight excluding hydrogens is 271 g/mol. The number of nitrogens with two attached hydrogens (primary N) is 1. The minimum Gasteiger partial charge on any atom is -0.271 e. The van der Waals surface area contributed by atoms with Crippen molar-refractivity contribution in [3.05, 3.63) is 56.5 Å². The van der Waals surface area contributed by atoms with Gasteiger partial charge in [0.15, 0.2) is 0 Å². The van der Waals surface area contributed by atoms with Crippen LogP contribution in [0.15, 0.2) is 29.6 Å². The summed E-state index contributed by atoms with van der Waals surface area (Å²) in [6, 6.07) is 6.35. The van der Waals surface area contributed by atoms with E-state index in [9.17, 15) is 4.39 Å². The molecule has 1 aromatic carbocycles. The van der Waals surface area contributed by atoms with E-state index in [4.69, 9.17) is 17.4 Å². The molecule has 0 spiro atoms. The lowest BCUT2D eigenvalue weighted by atomic mass is 10.0. The maximum Gasteiger partial charge on any atom is 0.129 e. The molecule has 18 heavy (non-hydrogen) atoms.